The van der Waals surface area contributed by atoms with Crippen molar-refractivity contribution in [1.82, 2.24) is 9.97 Å². The molecule has 0 radical (unpaired) electrons. The second-order valence-electron chi connectivity index (χ2n) is 13.0. The number of rotatable bonds is 8. The standard InChI is InChI=1S/C34H39F2N3O4Si/c1-33(2,3)42-32(40)27(20-23-14-12-18-41-23)39-31-26(19-22-13-9-10-16-25(22)35)38-28(21-37-31)24-15-11-17-29(30(24)36)43-44(7,8)34(4,5)6/h9-18,20-21H,19H2,1-8H3,(H,37,39)/b27-20+. The summed E-state index contributed by atoms with van der Waals surface area (Å²) in [4.78, 5) is 25.5. The van der Waals surface area contributed by atoms with Crippen LogP contribution in [0.5, 0.6) is 5.75 Å². The molecule has 4 aromatic rings. The molecule has 44 heavy (non-hydrogen) atoms. The Labute approximate surface area is 257 Å². The highest BCUT2D eigenvalue weighted by Crippen LogP contribution is 2.39. The first kappa shape index (κ1) is 32.6. The van der Waals surface area contributed by atoms with E-state index in [1.54, 1.807) is 69.3 Å². The van der Waals surface area contributed by atoms with Crippen LogP contribution in [-0.4, -0.2) is 29.9 Å². The molecule has 10 heteroatoms. The predicted octanol–water partition coefficient (Wildman–Crippen LogP) is 8.21. The summed E-state index contributed by atoms with van der Waals surface area (Å²) in [6.07, 6.45) is 4.43. The summed E-state index contributed by atoms with van der Waals surface area (Å²) < 4.78 is 48.0. The molecule has 0 saturated carbocycles. The normalized spacial score (nSPS) is 13.2. The quantitative estimate of drug-likeness (QED) is 0.122. The molecule has 2 aromatic carbocycles. The van der Waals surface area contributed by atoms with E-state index in [1.807, 2.05) is 13.1 Å². The smallest absolute Gasteiger partial charge is 0.357 e. The molecule has 0 amide bonds. The topological polar surface area (TPSA) is 89.7 Å². The van der Waals surface area contributed by atoms with E-state index in [0.29, 0.717) is 11.3 Å². The molecule has 0 aliphatic carbocycles. The first-order chi connectivity index (χ1) is 20.5. The Morgan fingerprint density at radius 2 is 1.75 bits per heavy atom. The zero-order valence-electron chi connectivity index (χ0n) is 26.4. The van der Waals surface area contributed by atoms with Crippen molar-refractivity contribution < 1.29 is 27.2 Å². The summed E-state index contributed by atoms with van der Waals surface area (Å²) in [6, 6.07) is 14.6. The second kappa shape index (κ2) is 12.7. The monoisotopic (exact) mass is 619 g/mol. The molecule has 232 valence electrons. The van der Waals surface area contributed by atoms with Crippen LogP contribution < -0.4 is 9.91 Å². The van der Waals surface area contributed by atoms with Gasteiger partial charge in [0.1, 0.15) is 22.9 Å². The van der Waals surface area contributed by atoms with Gasteiger partial charge in [0.2, 0.25) is 0 Å². The van der Waals surface area contributed by atoms with Gasteiger partial charge in [-0.3, -0.25) is 0 Å². The fraction of sp³-hybridized carbons (Fsp3) is 0.324. The number of nitrogens with one attached hydrogen (secondary N) is 1. The third kappa shape index (κ3) is 7.99. The lowest BCUT2D eigenvalue weighted by atomic mass is 10.1. The Morgan fingerprint density at radius 1 is 1.02 bits per heavy atom. The van der Waals surface area contributed by atoms with Gasteiger partial charge in [-0.15, -0.1) is 0 Å². The molecular formula is C34H39F2N3O4Si. The van der Waals surface area contributed by atoms with Gasteiger partial charge in [-0.25, -0.2) is 23.6 Å². The lowest BCUT2D eigenvalue weighted by molar-refractivity contribution is -0.149. The molecule has 0 spiro atoms. The zero-order valence-corrected chi connectivity index (χ0v) is 27.4. The van der Waals surface area contributed by atoms with Gasteiger partial charge in [-0.2, -0.15) is 0 Å². The van der Waals surface area contributed by atoms with E-state index in [-0.39, 0.29) is 45.3 Å². The second-order valence-corrected chi connectivity index (χ2v) is 17.7. The summed E-state index contributed by atoms with van der Waals surface area (Å²) in [5.74, 6) is -1.14. The Balaban J connectivity index is 1.87. The van der Waals surface area contributed by atoms with Gasteiger partial charge in [0, 0.05) is 24.3 Å². The molecule has 0 atom stereocenters. The highest BCUT2D eigenvalue weighted by molar-refractivity contribution is 6.74. The summed E-state index contributed by atoms with van der Waals surface area (Å²) in [6.45, 7) is 15.6. The average molecular weight is 620 g/mol. The largest absolute Gasteiger partial charge is 0.542 e. The number of esters is 1. The first-order valence-electron chi connectivity index (χ1n) is 14.4. The van der Waals surface area contributed by atoms with Crippen molar-refractivity contribution in [3.05, 3.63) is 107 Å². The maximum atomic E-state index is 16.0. The maximum Gasteiger partial charge on any atom is 0.357 e. The van der Waals surface area contributed by atoms with Gasteiger partial charge in [0.25, 0.3) is 8.32 Å². The van der Waals surface area contributed by atoms with Gasteiger partial charge in [0.05, 0.1) is 17.7 Å². The molecule has 2 heterocycles. The summed E-state index contributed by atoms with van der Waals surface area (Å²) in [5, 5.41) is -0.132. The van der Waals surface area contributed by atoms with Crippen LogP contribution in [0.1, 0.15) is 58.6 Å². The van der Waals surface area contributed by atoms with E-state index in [0.717, 1.165) is 0 Å². The number of halogens is 2. The molecule has 0 saturated heterocycles. The van der Waals surface area contributed by atoms with E-state index in [2.05, 4.69) is 30.7 Å². The molecule has 2 aromatic heterocycles. The molecule has 0 aliphatic rings. The van der Waals surface area contributed by atoms with Crippen LogP contribution in [0.4, 0.5) is 8.78 Å². The molecule has 4 rings (SSSR count). The van der Waals surface area contributed by atoms with Crippen LogP contribution >= 0.6 is 0 Å². The Kier molecular flexibility index (Phi) is 9.43. The number of aromatic amines is 1. The highest BCUT2D eigenvalue weighted by atomic mass is 28.4. The van der Waals surface area contributed by atoms with Crippen molar-refractivity contribution in [3.63, 3.8) is 0 Å². The predicted molar refractivity (Wildman–Crippen MR) is 169 cm³/mol. The van der Waals surface area contributed by atoms with Gasteiger partial charge in [0.15, 0.2) is 17.0 Å². The SMILES string of the molecule is CC(C)(C)OC(=O)C(=C\c1ccco1)/N=c1\[nH]cc(-c2cccc(O[Si](C)(C)C(C)(C)C)c2F)nc1Cc1ccccc1F. The van der Waals surface area contributed by atoms with Crippen molar-refractivity contribution in [1.29, 1.82) is 0 Å². The number of hydrogen-bond acceptors (Lipinski definition) is 6. The lowest BCUT2D eigenvalue weighted by Crippen LogP contribution is -2.44. The molecule has 1 N–H and O–H groups in total. The lowest BCUT2D eigenvalue weighted by Gasteiger charge is -2.36. The van der Waals surface area contributed by atoms with Gasteiger partial charge in [-0.05, 0) is 74.8 Å². The van der Waals surface area contributed by atoms with Crippen molar-refractivity contribution in [2.75, 3.05) is 0 Å². The number of nitrogens with zero attached hydrogens (tertiary/aromatic N) is 2. The molecule has 0 unspecified atom stereocenters. The number of carbonyl (C=O) groups is 1. The minimum Gasteiger partial charge on any atom is -0.542 e. The number of hydrogen-bond donors (Lipinski definition) is 1. The molecule has 0 bridgehead atoms. The Bertz CT molecular complexity index is 1730. The van der Waals surface area contributed by atoms with Crippen LogP contribution in [0.15, 0.2) is 82.2 Å². The van der Waals surface area contributed by atoms with Gasteiger partial charge >= 0.3 is 5.97 Å². The van der Waals surface area contributed by atoms with Gasteiger partial charge in [-0.1, -0.05) is 45.0 Å². The number of furan rings is 1. The Morgan fingerprint density at radius 3 is 2.39 bits per heavy atom. The third-order valence-corrected chi connectivity index (χ3v) is 11.6. The van der Waals surface area contributed by atoms with Crippen molar-refractivity contribution in [2.24, 2.45) is 4.99 Å². The summed E-state index contributed by atoms with van der Waals surface area (Å²) >= 11 is 0. The minimum absolute atomic E-state index is 0.0139. The number of carbonyl (C=O) groups excluding carboxylic acids is 1. The molecular weight excluding hydrogens is 580 g/mol. The van der Waals surface area contributed by atoms with E-state index in [4.69, 9.17) is 18.6 Å². The van der Waals surface area contributed by atoms with E-state index in [9.17, 15) is 9.18 Å². The van der Waals surface area contributed by atoms with Crippen LogP contribution in [-0.2, 0) is 16.0 Å². The van der Waals surface area contributed by atoms with E-state index in [1.165, 1.54) is 24.6 Å². The number of H-pyrrole nitrogens is 1. The average Bonchev–Trinajstić information content (AvgIpc) is 3.43. The van der Waals surface area contributed by atoms with Gasteiger partial charge < -0.3 is 18.6 Å². The van der Waals surface area contributed by atoms with Crippen molar-refractivity contribution in [3.8, 4) is 17.0 Å². The maximum absolute atomic E-state index is 16.0. The number of benzene rings is 2. The molecule has 0 fully saturated rings. The van der Waals surface area contributed by atoms with E-state index >= 15 is 4.39 Å². The first-order valence-corrected chi connectivity index (χ1v) is 17.3. The van der Waals surface area contributed by atoms with Crippen molar-refractivity contribution >= 4 is 20.4 Å². The summed E-state index contributed by atoms with van der Waals surface area (Å²) in [5.41, 5.74) is 0.440. The van der Waals surface area contributed by atoms with Crippen LogP contribution in [0.25, 0.3) is 17.3 Å². The van der Waals surface area contributed by atoms with Crippen LogP contribution in [0, 0.1) is 11.6 Å². The van der Waals surface area contributed by atoms with E-state index < -0.39 is 31.5 Å². The minimum atomic E-state index is -2.33. The van der Waals surface area contributed by atoms with Crippen molar-refractivity contribution in [2.45, 2.75) is 71.7 Å². The fourth-order valence-electron chi connectivity index (χ4n) is 3.94. The zero-order chi connectivity index (χ0) is 32.3. The molecule has 0 aliphatic heterocycles. The summed E-state index contributed by atoms with van der Waals surface area (Å²) in [7, 11) is -2.33. The Hall–Kier alpha value is -4.31. The van der Waals surface area contributed by atoms with Crippen LogP contribution in [0.2, 0.25) is 18.1 Å². The molecule has 7 nitrogen and oxygen atoms in total. The number of ether oxygens (including phenoxy) is 1. The highest BCUT2D eigenvalue weighted by Gasteiger charge is 2.39. The third-order valence-electron chi connectivity index (χ3n) is 7.26. The number of aromatic nitrogens is 2. The fourth-order valence-corrected chi connectivity index (χ4v) is 4.96. The van der Waals surface area contributed by atoms with Crippen LogP contribution in [0.3, 0.4) is 0 Å².